The largest absolute Gasteiger partial charge is 0.326 e. The number of anilines is 1. The van der Waals surface area contributed by atoms with E-state index < -0.39 is 10.0 Å². The van der Waals surface area contributed by atoms with Gasteiger partial charge in [-0.2, -0.15) is 0 Å². The van der Waals surface area contributed by atoms with E-state index in [1.807, 2.05) is 0 Å². The highest BCUT2D eigenvalue weighted by atomic mass is 35.5. The molecule has 0 bridgehead atoms. The molecule has 1 saturated heterocycles. The molecule has 2 rings (SSSR count). The molecule has 5 nitrogen and oxygen atoms in total. The maximum atomic E-state index is 12.2. The quantitative estimate of drug-likeness (QED) is 0.927. The fraction of sp³-hybridized carbons (Fsp3) is 0.462. The number of amides is 1. The van der Waals surface area contributed by atoms with Crippen LogP contribution in [0.25, 0.3) is 0 Å². The van der Waals surface area contributed by atoms with E-state index in [0.29, 0.717) is 30.1 Å². The second-order valence-corrected chi connectivity index (χ2v) is 7.38. The first-order chi connectivity index (χ1) is 9.36. The van der Waals surface area contributed by atoms with Crippen LogP contribution in [0.4, 0.5) is 5.69 Å². The molecule has 0 unspecified atom stereocenters. The monoisotopic (exact) mass is 316 g/mol. The molecule has 0 saturated carbocycles. The van der Waals surface area contributed by atoms with Gasteiger partial charge in [-0.1, -0.05) is 17.7 Å². The van der Waals surface area contributed by atoms with Crippen molar-refractivity contribution < 1.29 is 13.2 Å². The first-order valence-electron chi connectivity index (χ1n) is 6.38. The summed E-state index contributed by atoms with van der Waals surface area (Å²) in [5.41, 5.74) is 0.624. The van der Waals surface area contributed by atoms with Gasteiger partial charge in [0.25, 0.3) is 0 Å². The van der Waals surface area contributed by atoms with Gasteiger partial charge in [-0.15, -0.1) is 0 Å². The number of rotatable bonds is 3. The lowest BCUT2D eigenvalue weighted by molar-refractivity contribution is -0.120. The fourth-order valence-corrected chi connectivity index (χ4v) is 3.37. The third kappa shape index (κ3) is 3.94. The number of sulfonamides is 1. The highest BCUT2D eigenvalue weighted by Gasteiger charge is 2.30. The van der Waals surface area contributed by atoms with E-state index in [-0.39, 0.29) is 18.4 Å². The van der Waals surface area contributed by atoms with Gasteiger partial charge in [0.2, 0.25) is 15.9 Å². The number of carbonyl (C=O) groups is 1. The normalized spacial score (nSPS) is 20.6. The van der Waals surface area contributed by atoms with E-state index in [4.69, 9.17) is 11.6 Å². The Morgan fingerprint density at radius 3 is 2.85 bits per heavy atom. The second kappa shape index (κ2) is 6.11. The van der Waals surface area contributed by atoms with Crippen LogP contribution in [0, 0.1) is 5.92 Å². The summed E-state index contributed by atoms with van der Waals surface area (Å²) in [5, 5.41) is 3.33. The Bertz CT molecular complexity index is 603. The molecule has 110 valence electrons. The van der Waals surface area contributed by atoms with Crippen LogP contribution >= 0.6 is 11.6 Å². The van der Waals surface area contributed by atoms with Crippen LogP contribution in [-0.2, 0) is 14.8 Å². The van der Waals surface area contributed by atoms with Gasteiger partial charge in [0.15, 0.2) is 0 Å². The molecule has 1 aliphatic heterocycles. The predicted octanol–water partition coefficient (Wildman–Crippen LogP) is 1.95. The summed E-state index contributed by atoms with van der Waals surface area (Å²) in [7, 11) is -3.24. The molecule has 1 aliphatic rings. The average Bonchev–Trinajstić information content (AvgIpc) is 2.38. The van der Waals surface area contributed by atoms with Crippen LogP contribution in [0.15, 0.2) is 24.3 Å². The zero-order chi connectivity index (χ0) is 14.8. The fourth-order valence-electron chi connectivity index (χ4n) is 2.27. The van der Waals surface area contributed by atoms with Gasteiger partial charge in [0.05, 0.1) is 12.2 Å². The minimum absolute atomic E-state index is 0.166. The first-order valence-corrected chi connectivity index (χ1v) is 8.60. The van der Waals surface area contributed by atoms with E-state index in [1.165, 1.54) is 10.6 Å². The van der Waals surface area contributed by atoms with Gasteiger partial charge >= 0.3 is 0 Å². The van der Waals surface area contributed by atoms with Gasteiger partial charge in [0, 0.05) is 23.8 Å². The van der Waals surface area contributed by atoms with E-state index >= 15 is 0 Å². The van der Waals surface area contributed by atoms with Crippen molar-refractivity contribution in [1.29, 1.82) is 0 Å². The van der Waals surface area contributed by atoms with E-state index in [1.54, 1.807) is 24.3 Å². The third-order valence-corrected chi connectivity index (χ3v) is 4.82. The molecule has 0 aliphatic carbocycles. The third-order valence-electron chi connectivity index (χ3n) is 3.32. The maximum absolute atomic E-state index is 12.2. The number of benzene rings is 1. The Morgan fingerprint density at radius 2 is 2.20 bits per heavy atom. The molecule has 0 radical (unpaired) electrons. The molecule has 0 aromatic heterocycles. The van der Waals surface area contributed by atoms with Crippen LogP contribution in [0.5, 0.6) is 0 Å². The van der Waals surface area contributed by atoms with Crippen LogP contribution in [0.1, 0.15) is 12.8 Å². The molecule has 1 amide bonds. The molecule has 0 spiro atoms. The molecular formula is C13H17ClN2O3S. The number of nitrogens with zero attached hydrogens (tertiary/aromatic N) is 1. The Balaban J connectivity index is 2.02. The Morgan fingerprint density at radius 1 is 1.45 bits per heavy atom. The van der Waals surface area contributed by atoms with Gasteiger partial charge in [-0.3, -0.25) is 4.79 Å². The molecule has 1 N–H and O–H groups in total. The van der Waals surface area contributed by atoms with Gasteiger partial charge in [0.1, 0.15) is 0 Å². The van der Waals surface area contributed by atoms with Crippen molar-refractivity contribution in [1.82, 2.24) is 4.31 Å². The van der Waals surface area contributed by atoms with E-state index in [2.05, 4.69) is 5.32 Å². The van der Waals surface area contributed by atoms with E-state index in [9.17, 15) is 13.2 Å². The topological polar surface area (TPSA) is 66.5 Å². The van der Waals surface area contributed by atoms with Crippen LogP contribution < -0.4 is 5.32 Å². The summed E-state index contributed by atoms with van der Waals surface area (Å²) < 4.78 is 24.4. The number of halogens is 1. The first kappa shape index (κ1) is 15.3. The smallest absolute Gasteiger partial charge is 0.228 e. The summed E-state index contributed by atoms with van der Waals surface area (Å²) in [6.45, 7) is 0.727. The van der Waals surface area contributed by atoms with E-state index in [0.717, 1.165) is 0 Å². The average molecular weight is 317 g/mol. The summed E-state index contributed by atoms with van der Waals surface area (Å²) in [5.74, 6) is -0.488. The predicted molar refractivity (Wildman–Crippen MR) is 79.2 cm³/mol. The zero-order valence-corrected chi connectivity index (χ0v) is 12.7. The van der Waals surface area contributed by atoms with Crippen molar-refractivity contribution >= 4 is 33.2 Å². The second-order valence-electron chi connectivity index (χ2n) is 4.96. The summed E-state index contributed by atoms with van der Waals surface area (Å²) in [4.78, 5) is 12.2. The highest BCUT2D eigenvalue weighted by Crippen LogP contribution is 2.21. The summed E-state index contributed by atoms with van der Waals surface area (Å²) in [6.07, 6.45) is 2.56. The Labute approximate surface area is 124 Å². The van der Waals surface area contributed by atoms with Crippen molar-refractivity contribution in [2.24, 2.45) is 5.92 Å². The molecule has 7 heteroatoms. The standard InChI is InChI=1S/C13H17ClN2O3S/c1-20(18,19)16-7-3-4-10(9-16)13(17)15-12-6-2-5-11(14)8-12/h2,5-6,8,10H,3-4,7,9H2,1H3,(H,15,17)/t10-/m0/s1. The Kier molecular flexibility index (Phi) is 4.67. The van der Waals surface area contributed by atoms with Crippen molar-refractivity contribution in [3.05, 3.63) is 29.3 Å². The van der Waals surface area contributed by atoms with Gasteiger partial charge < -0.3 is 5.32 Å². The summed E-state index contributed by atoms with van der Waals surface area (Å²) >= 11 is 5.86. The van der Waals surface area contributed by atoms with Crippen molar-refractivity contribution in [2.45, 2.75) is 12.8 Å². The van der Waals surface area contributed by atoms with Gasteiger partial charge in [-0.25, -0.2) is 12.7 Å². The number of piperidine rings is 1. The zero-order valence-electron chi connectivity index (χ0n) is 11.2. The number of nitrogens with one attached hydrogen (secondary N) is 1. The molecule has 1 heterocycles. The number of hydrogen-bond acceptors (Lipinski definition) is 3. The molecule has 1 fully saturated rings. The molecule has 1 aromatic rings. The van der Waals surface area contributed by atoms with Crippen LogP contribution in [0.3, 0.4) is 0 Å². The van der Waals surface area contributed by atoms with Gasteiger partial charge in [-0.05, 0) is 31.0 Å². The van der Waals surface area contributed by atoms with Crippen molar-refractivity contribution in [3.8, 4) is 0 Å². The summed E-state index contributed by atoms with van der Waals surface area (Å²) in [6, 6.07) is 6.89. The lowest BCUT2D eigenvalue weighted by atomic mass is 9.99. The minimum atomic E-state index is -3.24. The minimum Gasteiger partial charge on any atom is -0.326 e. The van der Waals surface area contributed by atoms with Crippen molar-refractivity contribution in [3.63, 3.8) is 0 Å². The Hall–Kier alpha value is -1.11. The molecular weight excluding hydrogens is 300 g/mol. The van der Waals surface area contributed by atoms with Crippen LogP contribution in [0.2, 0.25) is 5.02 Å². The maximum Gasteiger partial charge on any atom is 0.228 e. The molecule has 20 heavy (non-hydrogen) atoms. The lowest BCUT2D eigenvalue weighted by Gasteiger charge is -2.30. The highest BCUT2D eigenvalue weighted by molar-refractivity contribution is 7.88. The number of carbonyl (C=O) groups excluding carboxylic acids is 1. The lowest BCUT2D eigenvalue weighted by Crippen LogP contribution is -2.43. The molecule has 1 aromatic carbocycles. The van der Waals surface area contributed by atoms with Crippen molar-refractivity contribution in [2.75, 3.05) is 24.7 Å². The number of hydrogen-bond donors (Lipinski definition) is 1. The molecule has 1 atom stereocenters. The SMILES string of the molecule is CS(=O)(=O)N1CCC[C@H](C(=O)Nc2cccc(Cl)c2)C1. The van der Waals surface area contributed by atoms with Crippen LogP contribution in [-0.4, -0.2) is 38.0 Å².